The topological polar surface area (TPSA) is 89.9 Å². The SMILES string of the molecule is CC(C)[C@@H](NC(=O)N(C)CC1CC(O)C1)C(=O)O. The predicted molar refractivity (Wildman–Crippen MR) is 66.2 cm³/mol. The minimum atomic E-state index is -1.02. The first-order chi connectivity index (χ1) is 8.31. The van der Waals surface area contributed by atoms with Gasteiger partial charge in [0.15, 0.2) is 0 Å². The van der Waals surface area contributed by atoms with E-state index in [1.54, 1.807) is 20.9 Å². The molecule has 0 aromatic rings. The first-order valence-corrected chi connectivity index (χ1v) is 6.23. The number of nitrogens with zero attached hydrogens (tertiary/aromatic N) is 1. The van der Waals surface area contributed by atoms with Crippen molar-refractivity contribution in [1.29, 1.82) is 0 Å². The van der Waals surface area contributed by atoms with Crippen molar-refractivity contribution >= 4 is 12.0 Å². The number of amides is 2. The molecule has 104 valence electrons. The van der Waals surface area contributed by atoms with E-state index in [1.165, 1.54) is 4.90 Å². The maximum Gasteiger partial charge on any atom is 0.326 e. The van der Waals surface area contributed by atoms with Crippen LogP contribution in [0.3, 0.4) is 0 Å². The monoisotopic (exact) mass is 258 g/mol. The molecule has 0 bridgehead atoms. The Morgan fingerprint density at radius 2 is 1.94 bits per heavy atom. The molecule has 18 heavy (non-hydrogen) atoms. The highest BCUT2D eigenvalue weighted by atomic mass is 16.4. The number of rotatable bonds is 5. The van der Waals surface area contributed by atoms with Crippen LogP contribution < -0.4 is 5.32 Å². The van der Waals surface area contributed by atoms with Crippen LogP contribution in [0.25, 0.3) is 0 Å². The summed E-state index contributed by atoms with van der Waals surface area (Å²) in [6.45, 7) is 4.05. The highest BCUT2D eigenvalue weighted by molar-refractivity contribution is 5.82. The van der Waals surface area contributed by atoms with Crippen LogP contribution in [-0.2, 0) is 4.79 Å². The zero-order valence-corrected chi connectivity index (χ0v) is 11.1. The molecule has 0 aromatic carbocycles. The van der Waals surface area contributed by atoms with Gasteiger partial charge in [-0.25, -0.2) is 9.59 Å². The number of aliphatic carboxylic acids is 1. The summed E-state index contributed by atoms with van der Waals surface area (Å²) in [6.07, 6.45) is 1.18. The summed E-state index contributed by atoms with van der Waals surface area (Å²) in [4.78, 5) is 24.3. The van der Waals surface area contributed by atoms with Crippen LogP contribution in [-0.4, -0.2) is 52.9 Å². The maximum absolute atomic E-state index is 11.8. The van der Waals surface area contributed by atoms with E-state index < -0.39 is 12.0 Å². The van der Waals surface area contributed by atoms with E-state index in [0.29, 0.717) is 25.3 Å². The molecule has 1 rings (SSSR count). The molecule has 0 aliphatic heterocycles. The number of carbonyl (C=O) groups is 2. The number of aliphatic hydroxyl groups is 1. The minimum Gasteiger partial charge on any atom is -0.480 e. The van der Waals surface area contributed by atoms with E-state index in [0.717, 1.165) is 0 Å². The van der Waals surface area contributed by atoms with Crippen LogP contribution in [0.4, 0.5) is 4.79 Å². The Hall–Kier alpha value is -1.30. The van der Waals surface area contributed by atoms with Crippen molar-refractivity contribution in [3.8, 4) is 0 Å². The van der Waals surface area contributed by atoms with Crippen LogP contribution in [0.15, 0.2) is 0 Å². The van der Waals surface area contributed by atoms with Crippen molar-refractivity contribution in [1.82, 2.24) is 10.2 Å². The molecular weight excluding hydrogens is 236 g/mol. The lowest BCUT2D eigenvalue weighted by Gasteiger charge is -2.34. The fourth-order valence-electron chi connectivity index (χ4n) is 2.08. The minimum absolute atomic E-state index is 0.162. The highest BCUT2D eigenvalue weighted by Gasteiger charge is 2.30. The van der Waals surface area contributed by atoms with Gasteiger partial charge in [0.2, 0.25) is 0 Å². The fourth-order valence-corrected chi connectivity index (χ4v) is 2.08. The van der Waals surface area contributed by atoms with Gasteiger partial charge < -0.3 is 20.4 Å². The molecule has 6 heteroatoms. The number of hydrogen-bond acceptors (Lipinski definition) is 3. The van der Waals surface area contributed by atoms with Crippen molar-refractivity contribution in [2.24, 2.45) is 11.8 Å². The van der Waals surface area contributed by atoms with E-state index in [9.17, 15) is 9.59 Å². The average molecular weight is 258 g/mol. The molecule has 6 nitrogen and oxygen atoms in total. The molecule has 1 aliphatic carbocycles. The summed E-state index contributed by atoms with van der Waals surface area (Å²) in [5.41, 5.74) is 0. The summed E-state index contributed by atoms with van der Waals surface area (Å²) < 4.78 is 0. The smallest absolute Gasteiger partial charge is 0.326 e. The Morgan fingerprint density at radius 3 is 2.33 bits per heavy atom. The number of urea groups is 1. The average Bonchev–Trinajstić information content (AvgIpc) is 2.22. The molecule has 0 unspecified atom stereocenters. The van der Waals surface area contributed by atoms with Gasteiger partial charge in [0.1, 0.15) is 6.04 Å². The first-order valence-electron chi connectivity index (χ1n) is 6.23. The van der Waals surface area contributed by atoms with Gasteiger partial charge in [-0.1, -0.05) is 13.8 Å². The number of aliphatic hydroxyl groups excluding tert-OH is 1. The van der Waals surface area contributed by atoms with Crippen LogP contribution in [0.1, 0.15) is 26.7 Å². The van der Waals surface area contributed by atoms with Crippen molar-refractivity contribution in [2.45, 2.75) is 38.8 Å². The molecule has 1 atom stereocenters. The zero-order valence-electron chi connectivity index (χ0n) is 11.1. The first kappa shape index (κ1) is 14.8. The third-order valence-corrected chi connectivity index (χ3v) is 3.30. The van der Waals surface area contributed by atoms with Crippen molar-refractivity contribution in [3.63, 3.8) is 0 Å². The molecular formula is C12H22N2O4. The Morgan fingerprint density at radius 1 is 1.39 bits per heavy atom. The second-order valence-electron chi connectivity index (χ2n) is 5.38. The lowest BCUT2D eigenvalue weighted by molar-refractivity contribution is -0.140. The Kier molecular flexibility index (Phi) is 4.95. The second kappa shape index (κ2) is 6.04. The normalized spacial score (nSPS) is 24.3. The fraction of sp³-hybridized carbons (Fsp3) is 0.833. The molecule has 2 amide bonds. The summed E-state index contributed by atoms with van der Waals surface area (Å²) in [6, 6.07) is -1.25. The van der Waals surface area contributed by atoms with E-state index in [4.69, 9.17) is 10.2 Å². The molecule has 1 fully saturated rings. The maximum atomic E-state index is 11.8. The molecule has 0 heterocycles. The van der Waals surface area contributed by atoms with E-state index >= 15 is 0 Å². The third kappa shape index (κ3) is 3.87. The van der Waals surface area contributed by atoms with E-state index in [2.05, 4.69) is 5.32 Å². The molecule has 0 spiro atoms. The Balaban J connectivity index is 2.40. The van der Waals surface area contributed by atoms with Gasteiger partial charge in [-0.05, 0) is 24.7 Å². The largest absolute Gasteiger partial charge is 0.480 e. The lowest BCUT2D eigenvalue weighted by atomic mass is 9.82. The summed E-state index contributed by atoms with van der Waals surface area (Å²) >= 11 is 0. The molecule has 0 radical (unpaired) electrons. The van der Waals surface area contributed by atoms with Gasteiger partial charge in [0.25, 0.3) is 0 Å². The number of carbonyl (C=O) groups excluding carboxylic acids is 1. The number of nitrogens with one attached hydrogen (secondary N) is 1. The summed E-state index contributed by atoms with van der Waals surface area (Å²) in [5.74, 6) is -0.866. The second-order valence-corrected chi connectivity index (χ2v) is 5.38. The van der Waals surface area contributed by atoms with Crippen LogP contribution >= 0.6 is 0 Å². The van der Waals surface area contributed by atoms with Gasteiger partial charge in [0.05, 0.1) is 6.10 Å². The quantitative estimate of drug-likeness (QED) is 0.670. The van der Waals surface area contributed by atoms with Gasteiger partial charge in [-0.2, -0.15) is 0 Å². The van der Waals surface area contributed by atoms with Gasteiger partial charge in [0, 0.05) is 13.6 Å². The van der Waals surface area contributed by atoms with E-state index in [1.807, 2.05) is 0 Å². The van der Waals surface area contributed by atoms with Crippen molar-refractivity contribution in [3.05, 3.63) is 0 Å². The van der Waals surface area contributed by atoms with Gasteiger partial charge in [-0.3, -0.25) is 0 Å². The zero-order chi connectivity index (χ0) is 13.9. The van der Waals surface area contributed by atoms with Crippen molar-refractivity contribution < 1.29 is 19.8 Å². The number of carboxylic acids is 1. The van der Waals surface area contributed by atoms with Crippen LogP contribution in [0.2, 0.25) is 0 Å². The Bertz CT molecular complexity index is 313. The molecule has 1 aliphatic rings. The Labute approximate surface area is 107 Å². The molecule has 0 saturated heterocycles. The highest BCUT2D eigenvalue weighted by Crippen LogP contribution is 2.27. The van der Waals surface area contributed by atoms with Crippen LogP contribution in [0.5, 0.6) is 0 Å². The van der Waals surface area contributed by atoms with Crippen LogP contribution in [0, 0.1) is 11.8 Å². The molecule has 0 aromatic heterocycles. The van der Waals surface area contributed by atoms with Gasteiger partial charge >= 0.3 is 12.0 Å². The van der Waals surface area contributed by atoms with Crippen molar-refractivity contribution in [2.75, 3.05) is 13.6 Å². The summed E-state index contributed by atoms with van der Waals surface area (Å²) in [7, 11) is 1.64. The molecule has 1 saturated carbocycles. The number of carboxylic acid groups (broad SMARTS) is 1. The standard InChI is InChI=1S/C12H22N2O4/c1-7(2)10(11(16)17)13-12(18)14(3)6-8-4-9(15)5-8/h7-10,15H,4-6H2,1-3H3,(H,13,18)(H,16,17)/t8?,9?,10-/m1/s1. The predicted octanol–water partition coefficient (Wildman–Crippen LogP) is 0.508. The van der Waals surface area contributed by atoms with E-state index in [-0.39, 0.29) is 18.1 Å². The molecule has 3 N–H and O–H groups in total. The summed E-state index contributed by atoms with van der Waals surface area (Å²) in [5, 5.41) is 20.7. The lowest BCUT2D eigenvalue weighted by Crippen LogP contribution is -2.50. The van der Waals surface area contributed by atoms with Gasteiger partial charge in [-0.15, -0.1) is 0 Å². The third-order valence-electron chi connectivity index (χ3n) is 3.30. The number of hydrogen-bond donors (Lipinski definition) is 3.